The van der Waals surface area contributed by atoms with Crippen LogP contribution in [0.1, 0.15) is 27.9 Å². The Bertz CT molecular complexity index is 1630. The first-order chi connectivity index (χ1) is 18.6. The molecule has 0 N–H and O–H groups in total. The molecule has 0 aliphatic carbocycles. The van der Waals surface area contributed by atoms with Gasteiger partial charge in [0.05, 0.1) is 17.8 Å². The Morgan fingerprint density at radius 2 is 1.68 bits per heavy atom. The normalized spacial score (nSPS) is 11.1. The molecule has 6 heteroatoms. The Morgan fingerprint density at radius 1 is 0.895 bits per heavy atom. The van der Waals surface area contributed by atoms with Crippen molar-refractivity contribution in [2.75, 3.05) is 0 Å². The van der Waals surface area contributed by atoms with Gasteiger partial charge in [-0.2, -0.15) is 5.10 Å². The SMILES string of the molecule is Cc1nn(Cc2cccnc2)c(=O)c(C=Cc2cccc(F)c2)c1-c1ccccc1OCc1ccccc1. The van der Waals surface area contributed by atoms with E-state index in [0.29, 0.717) is 34.7 Å². The standard InChI is InChI=1S/C32H26FN3O2/c1-23-31(28-14-5-6-15-30(28)38-22-25-9-3-2-4-10-25)29(17-16-24-11-7-13-27(33)19-24)32(37)36(35-23)21-26-12-8-18-34-20-26/h2-20H,21-22H2,1H3. The van der Waals surface area contributed by atoms with E-state index >= 15 is 0 Å². The van der Waals surface area contributed by atoms with Gasteiger partial charge in [-0.25, -0.2) is 9.07 Å². The molecular formula is C32H26FN3O2. The predicted molar refractivity (Wildman–Crippen MR) is 148 cm³/mol. The number of hydrogen-bond donors (Lipinski definition) is 0. The van der Waals surface area contributed by atoms with Crippen LogP contribution in [0.25, 0.3) is 23.3 Å². The maximum Gasteiger partial charge on any atom is 0.274 e. The third kappa shape index (κ3) is 5.76. The van der Waals surface area contributed by atoms with Crippen LogP contribution >= 0.6 is 0 Å². The maximum absolute atomic E-state index is 13.8. The van der Waals surface area contributed by atoms with Crippen LogP contribution < -0.4 is 10.3 Å². The minimum Gasteiger partial charge on any atom is -0.488 e. The molecule has 0 spiro atoms. The first-order valence-electron chi connectivity index (χ1n) is 12.3. The molecule has 5 rings (SSSR count). The van der Waals surface area contributed by atoms with Crippen LogP contribution in [0.5, 0.6) is 5.75 Å². The van der Waals surface area contributed by atoms with Crippen molar-refractivity contribution >= 4 is 12.2 Å². The summed E-state index contributed by atoms with van der Waals surface area (Å²) in [6.07, 6.45) is 6.87. The van der Waals surface area contributed by atoms with Crippen molar-refractivity contribution in [2.45, 2.75) is 20.1 Å². The smallest absolute Gasteiger partial charge is 0.274 e. The molecule has 0 saturated heterocycles. The number of nitrogens with zero attached hydrogens (tertiary/aromatic N) is 3. The molecule has 38 heavy (non-hydrogen) atoms. The van der Waals surface area contributed by atoms with Crippen molar-refractivity contribution in [3.05, 3.63) is 148 Å². The van der Waals surface area contributed by atoms with Gasteiger partial charge < -0.3 is 4.74 Å². The summed E-state index contributed by atoms with van der Waals surface area (Å²) in [4.78, 5) is 18.0. The van der Waals surface area contributed by atoms with E-state index in [4.69, 9.17) is 4.74 Å². The third-order valence-electron chi connectivity index (χ3n) is 6.11. The van der Waals surface area contributed by atoms with Crippen LogP contribution in [0, 0.1) is 12.7 Å². The van der Waals surface area contributed by atoms with Crippen LogP contribution in [0.3, 0.4) is 0 Å². The fourth-order valence-corrected chi connectivity index (χ4v) is 4.31. The van der Waals surface area contributed by atoms with E-state index in [9.17, 15) is 9.18 Å². The lowest BCUT2D eigenvalue weighted by Gasteiger charge is -2.17. The van der Waals surface area contributed by atoms with E-state index in [1.165, 1.54) is 16.8 Å². The highest BCUT2D eigenvalue weighted by Gasteiger charge is 2.18. The Hall–Kier alpha value is -4.84. The summed E-state index contributed by atoms with van der Waals surface area (Å²) < 4.78 is 21.5. The van der Waals surface area contributed by atoms with Gasteiger partial charge in [0.1, 0.15) is 18.2 Å². The summed E-state index contributed by atoms with van der Waals surface area (Å²) in [6.45, 7) is 2.54. The number of pyridine rings is 1. The minimum atomic E-state index is -0.341. The van der Waals surface area contributed by atoms with Crippen molar-refractivity contribution in [1.82, 2.24) is 14.8 Å². The Labute approximate surface area is 220 Å². The van der Waals surface area contributed by atoms with Gasteiger partial charge in [0.2, 0.25) is 0 Å². The summed E-state index contributed by atoms with van der Waals surface area (Å²) in [5.41, 5.74) is 4.84. The lowest BCUT2D eigenvalue weighted by Crippen LogP contribution is -2.27. The molecule has 3 aromatic carbocycles. The molecule has 5 nitrogen and oxygen atoms in total. The van der Waals surface area contributed by atoms with E-state index in [1.54, 1.807) is 36.7 Å². The van der Waals surface area contributed by atoms with Gasteiger partial charge in [-0.3, -0.25) is 9.78 Å². The molecule has 0 amide bonds. The molecular weight excluding hydrogens is 477 g/mol. The minimum absolute atomic E-state index is 0.264. The molecule has 0 aliphatic heterocycles. The molecule has 2 aromatic heterocycles. The van der Waals surface area contributed by atoms with Gasteiger partial charge in [-0.15, -0.1) is 0 Å². The fourth-order valence-electron chi connectivity index (χ4n) is 4.31. The first-order valence-corrected chi connectivity index (χ1v) is 12.3. The van der Waals surface area contributed by atoms with E-state index in [1.807, 2.05) is 73.7 Å². The number of aryl methyl sites for hydroxylation is 1. The maximum atomic E-state index is 13.8. The van der Waals surface area contributed by atoms with Gasteiger partial charge in [-0.1, -0.05) is 72.8 Å². The molecule has 2 heterocycles. The van der Waals surface area contributed by atoms with Crippen LogP contribution in [-0.2, 0) is 13.2 Å². The van der Waals surface area contributed by atoms with Crippen molar-refractivity contribution < 1.29 is 9.13 Å². The summed E-state index contributed by atoms with van der Waals surface area (Å²) in [5.74, 6) is 0.304. The number of aromatic nitrogens is 3. The summed E-state index contributed by atoms with van der Waals surface area (Å²) in [6, 6.07) is 27.5. The van der Waals surface area contributed by atoms with Crippen LogP contribution in [0.15, 0.2) is 108 Å². The average molecular weight is 504 g/mol. The van der Waals surface area contributed by atoms with E-state index in [2.05, 4.69) is 10.1 Å². The second-order valence-electron chi connectivity index (χ2n) is 8.86. The topological polar surface area (TPSA) is 57.0 Å². The molecule has 0 fully saturated rings. The molecule has 0 bridgehead atoms. The summed E-state index contributed by atoms with van der Waals surface area (Å²) in [7, 11) is 0. The predicted octanol–water partition coefficient (Wildman–Crippen LogP) is 6.55. The van der Waals surface area contributed by atoms with E-state index in [0.717, 1.165) is 16.7 Å². The number of rotatable bonds is 8. The molecule has 0 atom stereocenters. The van der Waals surface area contributed by atoms with Crippen molar-refractivity contribution in [3.8, 4) is 16.9 Å². The molecule has 0 unspecified atom stereocenters. The zero-order chi connectivity index (χ0) is 26.3. The lowest BCUT2D eigenvalue weighted by molar-refractivity contribution is 0.307. The highest BCUT2D eigenvalue weighted by molar-refractivity contribution is 5.84. The van der Waals surface area contributed by atoms with Gasteiger partial charge >= 0.3 is 0 Å². The number of halogens is 1. The number of benzene rings is 3. The third-order valence-corrected chi connectivity index (χ3v) is 6.11. The molecule has 0 radical (unpaired) electrons. The van der Waals surface area contributed by atoms with E-state index in [-0.39, 0.29) is 17.9 Å². The van der Waals surface area contributed by atoms with Gasteiger partial charge in [-0.05, 0) is 54.0 Å². The monoisotopic (exact) mass is 503 g/mol. The van der Waals surface area contributed by atoms with Gasteiger partial charge in [0.25, 0.3) is 5.56 Å². The van der Waals surface area contributed by atoms with Gasteiger partial charge in [0, 0.05) is 23.5 Å². The molecule has 0 aliphatic rings. The second-order valence-corrected chi connectivity index (χ2v) is 8.86. The number of ether oxygens (including phenoxy) is 1. The highest BCUT2D eigenvalue weighted by Crippen LogP contribution is 2.34. The van der Waals surface area contributed by atoms with Gasteiger partial charge in [0.15, 0.2) is 0 Å². The zero-order valence-electron chi connectivity index (χ0n) is 20.9. The highest BCUT2D eigenvalue weighted by atomic mass is 19.1. The number of hydrogen-bond acceptors (Lipinski definition) is 4. The Morgan fingerprint density at radius 3 is 2.47 bits per heavy atom. The lowest BCUT2D eigenvalue weighted by atomic mass is 9.97. The zero-order valence-corrected chi connectivity index (χ0v) is 20.9. The van der Waals surface area contributed by atoms with E-state index < -0.39 is 0 Å². The second kappa shape index (κ2) is 11.5. The molecule has 5 aromatic rings. The summed E-state index contributed by atoms with van der Waals surface area (Å²) >= 11 is 0. The van der Waals surface area contributed by atoms with Crippen molar-refractivity contribution in [3.63, 3.8) is 0 Å². The summed E-state index contributed by atoms with van der Waals surface area (Å²) in [5, 5.41) is 4.66. The van der Waals surface area contributed by atoms with Crippen molar-refractivity contribution in [1.29, 1.82) is 0 Å². The number of para-hydroxylation sites is 1. The Balaban J connectivity index is 1.61. The average Bonchev–Trinajstić information content (AvgIpc) is 2.94. The van der Waals surface area contributed by atoms with Crippen molar-refractivity contribution in [2.24, 2.45) is 0 Å². The Kier molecular flexibility index (Phi) is 7.50. The first kappa shape index (κ1) is 24.8. The quantitative estimate of drug-likeness (QED) is 0.241. The largest absolute Gasteiger partial charge is 0.488 e. The van der Waals surface area contributed by atoms with Crippen LogP contribution in [0.4, 0.5) is 4.39 Å². The fraction of sp³-hybridized carbons (Fsp3) is 0.0938. The molecule has 0 saturated carbocycles. The van der Waals surface area contributed by atoms with Crippen LogP contribution in [0.2, 0.25) is 0 Å². The molecule has 188 valence electrons. The van der Waals surface area contributed by atoms with Crippen LogP contribution in [-0.4, -0.2) is 14.8 Å².